The fourth-order valence-corrected chi connectivity index (χ4v) is 1.14. The zero-order chi connectivity index (χ0) is 12.1. The summed E-state index contributed by atoms with van der Waals surface area (Å²) in [6.45, 7) is 0. The predicted molar refractivity (Wildman–Crippen MR) is 45.1 cm³/mol. The zero-order valence-corrected chi connectivity index (χ0v) is 8.80. The molecule has 0 rings (SSSR count). The van der Waals surface area contributed by atoms with E-state index in [4.69, 9.17) is 14.2 Å². The summed E-state index contributed by atoms with van der Waals surface area (Å²) in [5, 5.41) is 9.45. The molecule has 0 aliphatic carbocycles. The van der Waals surface area contributed by atoms with Gasteiger partial charge in [0.25, 0.3) is 0 Å². The van der Waals surface area contributed by atoms with Crippen LogP contribution in [-0.4, -0.2) is 44.7 Å². The molecule has 1 atom stereocenters. The van der Waals surface area contributed by atoms with E-state index in [1.165, 1.54) is 21.3 Å². The standard InChI is InChI=1S/C8H15F3O4/c1-13-8(14-2,15-3)6(12)4-5-7(9,10)11/h6,12H,4-5H2,1-3H3. The third-order valence-corrected chi connectivity index (χ3v) is 1.96. The second-order valence-electron chi connectivity index (χ2n) is 2.89. The van der Waals surface area contributed by atoms with Gasteiger partial charge in [-0.05, 0) is 6.42 Å². The van der Waals surface area contributed by atoms with Gasteiger partial charge in [-0.1, -0.05) is 0 Å². The van der Waals surface area contributed by atoms with E-state index in [1.807, 2.05) is 0 Å². The molecule has 7 heteroatoms. The molecule has 0 aromatic rings. The van der Waals surface area contributed by atoms with Crippen LogP contribution in [0.25, 0.3) is 0 Å². The van der Waals surface area contributed by atoms with Crippen LogP contribution in [0.1, 0.15) is 12.8 Å². The minimum absolute atomic E-state index is 0.557. The first-order valence-corrected chi connectivity index (χ1v) is 4.21. The highest BCUT2D eigenvalue weighted by Gasteiger charge is 2.41. The molecule has 1 unspecified atom stereocenters. The Balaban J connectivity index is 4.33. The van der Waals surface area contributed by atoms with Crippen molar-refractivity contribution in [2.75, 3.05) is 21.3 Å². The fourth-order valence-electron chi connectivity index (χ4n) is 1.14. The molecule has 0 spiro atoms. The SMILES string of the molecule is COC(OC)(OC)C(O)CCC(F)(F)F. The first kappa shape index (κ1) is 14.6. The molecule has 15 heavy (non-hydrogen) atoms. The van der Waals surface area contributed by atoms with E-state index in [0.717, 1.165) is 0 Å². The molecule has 0 aliphatic rings. The van der Waals surface area contributed by atoms with Crippen LogP contribution in [0.2, 0.25) is 0 Å². The van der Waals surface area contributed by atoms with Gasteiger partial charge >= 0.3 is 12.1 Å². The van der Waals surface area contributed by atoms with E-state index in [9.17, 15) is 18.3 Å². The third kappa shape index (κ3) is 4.33. The number of hydrogen-bond donors (Lipinski definition) is 1. The number of ether oxygens (including phenoxy) is 3. The lowest BCUT2D eigenvalue weighted by atomic mass is 10.1. The Morgan fingerprint density at radius 3 is 1.73 bits per heavy atom. The molecule has 4 nitrogen and oxygen atoms in total. The van der Waals surface area contributed by atoms with E-state index in [0.29, 0.717) is 0 Å². The van der Waals surface area contributed by atoms with E-state index in [1.54, 1.807) is 0 Å². The number of halogens is 3. The van der Waals surface area contributed by atoms with Crippen LogP contribution in [0, 0.1) is 0 Å². The average Bonchev–Trinajstić information content (AvgIpc) is 2.17. The van der Waals surface area contributed by atoms with Crippen molar-refractivity contribution < 1.29 is 32.5 Å². The Hall–Kier alpha value is -0.370. The molecule has 0 fully saturated rings. The van der Waals surface area contributed by atoms with Gasteiger partial charge in [-0.3, -0.25) is 0 Å². The summed E-state index contributed by atoms with van der Waals surface area (Å²) < 4.78 is 49.8. The van der Waals surface area contributed by atoms with Crippen LogP contribution < -0.4 is 0 Å². The molecular formula is C8H15F3O4. The molecule has 0 bridgehead atoms. The van der Waals surface area contributed by atoms with Gasteiger partial charge in [0.1, 0.15) is 6.10 Å². The molecule has 0 amide bonds. The molecule has 0 saturated carbocycles. The van der Waals surface area contributed by atoms with Crippen molar-refractivity contribution in [2.45, 2.75) is 31.1 Å². The molecule has 0 aromatic heterocycles. The molecule has 0 saturated heterocycles. The number of aliphatic hydroxyl groups is 1. The molecule has 0 aromatic carbocycles. The summed E-state index contributed by atoms with van der Waals surface area (Å²) >= 11 is 0. The van der Waals surface area contributed by atoms with E-state index >= 15 is 0 Å². The van der Waals surface area contributed by atoms with Gasteiger partial charge in [0.2, 0.25) is 0 Å². The van der Waals surface area contributed by atoms with Crippen molar-refractivity contribution in [1.82, 2.24) is 0 Å². The monoisotopic (exact) mass is 232 g/mol. The Morgan fingerprint density at radius 2 is 1.47 bits per heavy atom. The van der Waals surface area contributed by atoms with Crippen LogP contribution in [0.15, 0.2) is 0 Å². The maximum absolute atomic E-state index is 11.9. The first-order chi connectivity index (χ1) is 6.81. The molecule has 92 valence electrons. The van der Waals surface area contributed by atoms with Gasteiger partial charge in [-0.25, -0.2) is 0 Å². The van der Waals surface area contributed by atoms with Crippen LogP contribution in [0.5, 0.6) is 0 Å². The average molecular weight is 232 g/mol. The number of methoxy groups -OCH3 is 3. The summed E-state index contributed by atoms with van der Waals surface area (Å²) in [5.74, 6) is -1.84. The minimum Gasteiger partial charge on any atom is -0.385 e. The van der Waals surface area contributed by atoms with Gasteiger partial charge in [0, 0.05) is 27.8 Å². The second-order valence-corrected chi connectivity index (χ2v) is 2.89. The highest BCUT2D eigenvalue weighted by molar-refractivity contribution is 4.70. The van der Waals surface area contributed by atoms with Gasteiger partial charge in [-0.2, -0.15) is 13.2 Å². The summed E-state index contributed by atoms with van der Waals surface area (Å²) in [4.78, 5) is 0. The van der Waals surface area contributed by atoms with E-state index < -0.39 is 31.1 Å². The van der Waals surface area contributed by atoms with Crippen LogP contribution >= 0.6 is 0 Å². The molecule has 0 radical (unpaired) electrons. The predicted octanol–water partition coefficient (Wildman–Crippen LogP) is 1.28. The lowest BCUT2D eigenvalue weighted by molar-refractivity contribution is -0.390. The minimum atomic E-state index is -4.33. The Bertz CT molecular complexity index is 171. The number of alkyl halides is 3. The van der Waals surface area contributed by atoms with Crippen molar-refractivity contribution in [1.29, 1.82) is 0 Å². The highest BCUT2D eigenvalue weighted by Crippen LogP contribution is 2.27. The molecule has 1 N–H and O–H groups in total. The van der Waals surface area contributed by atoms with E-state index in [2.05, 4.69) is 0 Å². The van der Waals surface area contributed by atoms with Crippen molar-refractivity contribution in [3.8, 4) is 0 Å². The molecular weight excluding hydrogens is 217 g/mol. The Kier molecular flexibility index (Phi) is 5.50. The lowest BCUT2D eigenvalue weighted by Crippen LogP contribution is -2.48. The fraction of sp³-hybridized carbons (Fsp3) is 1.00. The van der Waals surface area contributed by atoms with Crippen molar-refractivity contribution in [2.24, 2.45) is 0 Å². The summed E-state index contributed by atoms with van der Waals surface area (Å²) in [5.41, 5.74) is 0. The summed E-state index contributed by atoms with van der Waals surface area (Å²) in [7, 11) is 3.51. The molecule has 0 aliphatic heterocycles. The number of hydrogen-bond acceptors (Lipinski definition) is 4. The maximum Gasteiger partial charge on any atom is 0.389 e. The molecule has 0 heterocycles. The third-order valence-electron chi connectivity index (χ3n) is 1.96. The zero-order valence-electron chi connectivity index (χ0n) is 8.80. The Morgan fingerprint density at radius 1 is 1.07 bits per heavy atom. The summed E-state index contributed by atoms with van der Waals surface area (Å²) in [6.07, 6.45) is -7.54. The van der Waals surface area contributed by atoms with Crippen LogP contribution in [0.4, 0.5) is 13.2 Å². The van der Waals surface area contributed by atoms with Crippen LogP contribution in [0.3, 0.4) is 0 Å². The second kappa shape index (κ2) is 5.64. The number of rotatable bonds is 6. The van der Waals surface area contributed by atoms with Crippen molar-refractivity contribution >= 4 is 0 Å². The normalized spacial score (nSPS) is 15.4. The van der Waals surface area contributed by atoms with Crippen molar-refractivity contribution in [3.05, 3.63) is 0 Å². The lowest BCUT2D eigenvalue weighted by Gasteiger charge is -2.33. The maximum atomic E-state index is 11.9. The summed E-state index contributed by atoms with van der Waals surface area (Å²) in [6, 6.07) is 0. The Labute approximate surface area is 85.9 Å². The van der Waals surface area contributed by atoms with Crippen molar-refractivity contribution in [3.63, 3.8) is 0 Å². The van der Waals surface area contributed by atoms with Gasteiger partial charge in [0.05, 0.1) is 0 Å². The first-order valence-electron chi connectivity index (χ1n) is 4.21. The van der Waals surface area contributed by atoms with Gasteiger partial charge < -0.3 is 19.3 Å². The largest absolute Gasteiger partial charge is 0.389 e. The number of aliphatic hydroxyl groups excluding tert-OH is 1. The quantitative estimate of drug-likeness (QED) is 0.701. The van der Waals surface area contributed by atoms with E-state index in [-0.39, 0.29) is 0 Å². The van der Waals surface area contributed by atoms with Gasteiger partial charge in [-0.15, -0.1) is 0 Å². The smallest absolute Gasteiger partial charge is 0.385 e. The highest BCUT2D eigenvalue weighted by atomic mass is 19.4. The topological polar surface area (TPSA) is 47.9 Å². The van der Waals surface area contributed by atoms with Crippen LogP contribution in [-0.2, 0) is 14.2 Å². The van der Waals surface area contributed by atoms with Gasteiger partial charge in [0.15, 0.2) is 0 Å².